The number of hydrogen-bond acceptors (Lipinski definition) is 2. The van der Waals surface area contributed by atoms with Crippen molar-refractivity contribution in [1.82, 2.24) is 5.32 Å². The van der Waals surface area contributed by atoms with Gasteiger partial charge in [-0.2, -0.15) is 0 Å². The zero-order valence-corrected chi connectivity index (χ0v) is 16.6. The first-order valence-electron chi connectivity index (χ1n) is 7.90. The summed E-state index contributed by atoms with van der Waals surface area (Å²) in [5, 5.41) is 3.15. The first kappa shape index (κ1) is 20.3. The lowest BCUT2D eigenvalue weighted by molar-refractivity contribution is 0.409. The first-order valence-corrected chi connectivity index (χ1v) is 7.90. The predicted octanol–water partition coefficient (Wildman–Crippen LogP) is 3.31. The molecule has 0 aliphatic heterocycles. The molecule has 0 fully saturated rings. The van der Waals surface area contributed by atoms with Crippen molar-refractivity contribution in [2.24, 2.45) is 10.7 Å². The fraction of sp³-hybridized carbons (Fsp3) is 0.316. The molecular formula is C19H26IN3O. The summed E-state index contributed by atoms with van der Waals surface area (Å²) >= 11 is 0. The van der Waals surface area contributed by atoms with E-state index >= 15 is 0 Å². The highest BCUT2D eigenvalue weighted by Gasteiger charge is 2.02. The molecule has 0 aromatic heterocycles. The SMILES string of the molecule is COc1ccc(C)cc1CCN=C(N)NCCc1ccccc1.I. The molecule has 0 unspecified atom stereocenters. The van der Waals surface area contributed by atoms with Crippen molar-refractivity contribution in [3.05, 3.63) is 65.2 Å². The largest absolute Gasteiger partial charge is 0.496 e. The van der Waals surface area contributed by atoms with E-state index in [1.807, 2.05) is 30.3 Å². The number of methoxy groups -OCH3 is 1. The lowest BCUT2D eigenvalue weighted by Crippen LogP contribution is -2.33. The van der Waals surface area contributed by atoms with E-state index in [1.165, 1.54) is 11.1 Å². The minimum absolute atomic E-state index is 0. The van der Waals surface area contributed by atoms with E-state index in [0.29, 0.717) is 12.5 Å². The van der Waals surface area contributed by atoms with E-state index in [4.69, 9.17) is 10.5 Å². The van der Waals surface area contributed by atoms with Crippen LogP contribution in [-0.4, -0.2) is 26.2 Å². The fourth-order valence-corrected chi connectivity index (χ4v) is 2.44. The van der Waals surface area contributed by atoms with Gasteiger partial charge in [-0.3, -0.25) is 4.99 Å². The number of nitrogens with one attached hydrogen (secondary N) is 1. The number of benzene rings is 2. The summed E-state index contributed by atoms with van der Waals surface area (Å²) in [7, 11) is 1.69. The van der Waals surface area contributed by atoms with Crippen molar-refractivity contribution in [3.63, 3.8) is 0 Å². The van der Waals surface area contributed by atoms with E-state index in [9.17, 15) is 0 Å². The minimum atomic E-state index is 0. The molecule has 3 N–H and O–H groups in total. The molecule has 5 heteroatoms. The van der Waals surface area contributed by atoms with Gasteiger partial charge >= 0.3 is 0 Å². The van der Waals surface area contributed by atoms with Crippen LogP contribution in [0.5, 0.6) is 5.75 Å². The third kappa shape index (κ3) is 6.78. The second-order valence-electron chi connectivity index (χ2n) is 5.49. The molecule has 0 amide bonds. The first-order chi connectivity index (χ1) is 11.2. The molecule has 2 aromatic carbocycles. The number of nitrogens with zero attached hydrogens (tertiary/aromatic N) is 1. The number of guanidine groups is 1. The highest BCUT2D eigenvalue weighted by atomic mass is 127. The second kappa shape index (κ2) is 10.9. The molecule has 0 saturated carbocycles. The number of nitrogens with two attached hydrogens (primary N) is 1. The smallest absolute Gasteiger partial charge is 0.188 e. The summed E-state index contributed by atoms with van der Waals surface area (Å²) in [5.74, 6) is 1.40. The van der Waals surface area contributed by atoms with Crippen molar-refractivity contribution >= 4 is 29.9 Å². The van der Waals surface area contributed by atoms with E-state index < -0.39 is 0 Å². The molecular weight excluding hydrogens is 413 g/mol. The zero-order valence-electron chi connectivity index (χ0n) is 14.3. The van der Waals surface area contributed by atoms with Crippen molar-refractivity contribution in [2.45, 2.75) is 19.8 Å². The van der Waals surface area contributed by atoms with E-state index in [1.54, 1.807) is 7.11 Å². The van der Waals surface area contributed by atoms with Gasteiger partial charge < -0.3 is 15.8 Å². The Morgan fingerprint density at radius 1 is 1.12 bits per heavy atom. The molecule has 130 valence electrons. The normalized spacial score (nSPS) is 10.8. The number of aryl methyl sites for hydroxylation is 1. The van der Waals surface area contributed by atoms with Crippen molar-refractivity contribution in [2.75, 3.05) is 20.2 Å². The predicted molar refractivity (Wildman–Crippen MR) is 111 cm³/mol. The van der Waals surface area contributed by atoms with Crippen LogP contribution in [-0.2, 0) is 12.8 Å². The molecule has 2 aromatic rings. The Labute approximate surface area is 161 Å². The Morgan fingerprint density at radius 3 is 2.58 bits per heavy atom. The summed E-state index contributed by atoms with van der Waals surface area (Å²) < 4.78 is 5.38. The van der Waals surface area contributed by atoms with Gasteiger partial charge in [0, 0.05) is 13.1 Å². The molecule has 0 heterocycles. The van der Waals surface area contributed by atoms with Crippen LogP contribution in [0, 0.1) is 6.92 Å². The van der Waals surface area contributed by atoms with Crippen LogP contribution < -0.4 is 15.8 Å². The van der Waals surface area contributed by atoms with E-state index in [0.717, 1.165) is 30.7 Å². The van der Waals surface area contributed by atoms with Gasteiger partial charge in [-0.1, -0.05) is 48.0 Å². The Balaban J connectivity index is 0.00000288. The van der Waals surface area contributed by atoms with Crippen molar-refractivity contribution in [3.8, 4) is 5.75 Å². The zero-order chi connectivity index (χ0) is 16.5. The molecule has 2 rings (SSSR count). The average Bonchev–Trinajstić information content (AvgIpc) is 2.56. The van der Waals surface area contributed by atoms with Gasteiger partial charge in [-0.25, -0.2) is 0 Å². The van der Waals surface area contributed by atoms with Crippen LogP contribution in [0.2, 0.25) is 0 Å². The number of halogens is 1. The van der Waals surface area contributed by atoms with Crippen LogP contribution in [0.3, 0.4) is 0 Å². The van der Waals surface area contributed by atoms with E-state index in [-0.39, 0.29) is 24.0 Å². The molecule has 4 nitrogen and oxygen atoms in total. The Morgan fingerprint density at radius 2 is 1.88 bits per heavy atom. The van der Waals surface area contributed by atoms with Crippen molar-refractivity contribution in [1.29, 1.82) is 0 Å². The van der Waals surface area contributed by atoms with Crippen LogP contribution in [0.15, 0.2) is 53.5 Å². The number of ether oxygens (including phenoxy) is 1. The third-order valence-electron chi connectivity index (χ3n) is 3.66. The third-order valence-corrected chi connectivity index (χ3v) is 3.66. The summed E-state index contributed by atoms with van der Waals surface area (Å²) in [4.78, 5) is 4.38. The van der Waals surface area contributed by atoms with Gasteiger partial charge in [0.15, 0.2) is 5.96 Å². The standard InChI is InChI=1S/C19H25N3O.HI/c1-15-8-9-18(23-2)17(14-15)11-13-22-19(20)21-12-10-16-6-4-3-5-7-16;/h3-9,14H,10-13H2,1-2H3,(H3,20,21,22);1H. The summed E-state index contributed by atoms with van der Waals surface area (Å²) in [6.45, 7) is 3.50. The Hall–Kier alpha value is -1.76. The number of rotatable bonds is 7. The maximum atomic E-state index is 5.91. The Kier molecular flexibility index (Phi) is 9.22. The fourth-order valence-electron chi connectivity index (χ4n) is 2.44. The number of hydrogen-bond donors (Lipinski definition) is 2. The number of aliphatic imine (C=N–C) groups is 1. The highest BCUT2D eigenvalue weighted by molar-refractivity contribution is 14.0. The topological polar surface area (TPSA) is 59.6 Å². The molecule has 0 aliphatic carbocycles. The molecule has 0 spiro atoms. The van der Waals surface area contributed by atoms with E-state index in [2.05, 4.69) is 35.4 Å². The van der Waals surface area contributed by atoms with Gasteiger partial charge in [0.1, 0.15) is 5.75 Å². The second-order valence-corrected chi connectivity index (χ2v) is 5.49. The minimum Gasteiger partial charge on any atom is -0.496 e. The molecule has 24 heavy (non-hydrogen) atoms. The molecule has 0 saturated heterocycles. The van der Waals surface area contributed by atoms with Gasteiger partial charge in [-0.05, 0) is 37.0 Å². The molecule has 0 aliphatic rings. The molecule has 0 atom stereocenters. The van der Waals surface area contributed by atoms with Gasteiger partial charge in [0.2, 0.25) is 0 Å². The van der Waals surface area contributed by atoms with Crippen LogP contribution in [0.25, 0.3) is 0 Å². The summed E-state index contributed by atoms with van der Waals surface area (Å²) in [5.41, 5.74) is 9.58. The average molecular weight is 439 g/mol. The van der Waals surface area contributed by atoms with Crippen LogP contribution in [0.1, 0.15) is 16.7 Å². The highest BCUT2D eigenvalue weighted by Crippen LogP contribution is 2.19. The van der Waals surface area contributed by atoms with Gasteiger partial charge in [0.25, 0.3) is 0 Å². The summed E-state index contributed by atoms with van der Waals surface area (Å²) in [6.07, 6.45) is 1.74. The van der Waals surface area contributed by atoms with Crippen LogP contribution >= 0.6 is 24.0 Å². The summed E-state index contributed by atoms with van der Waals surface area (Å²) in [6, 6.07) is 16.5. The van der Waals surface area contributed by atoms with Crippen LogP contribution in [0.4, 0.5) is 0 Å². The monoisotopic (exact) mass is 439 g/mol. The molecule has 0 radical (unpaired) electrons. The molecule has 0 bridgehead atoms. The maximum Gasteiger partial charge on any atom is 0.188 e. The van der Waals surface area contributed by atoms with Gasteiger partial charge in [0.05, 0.1) is 7.11 Å². The maximum absolute atomic E-state index is 5.91. The van der Waals surface area contributed by atoms with Crippen molar-refractivity contribution < 1.29 is 4.74 Å². The quantitative estimate of drug-likeness (QED) is 0.396. The lowest BCUT2D eigenvalue weighted by Gasteiger charge is -2.09. The Bertz CT molecular complexity index is 644. The lowest BCUT2D eigenvalue weighted by atomic mass is 10.1. The van der Waals surface area contributed by atoms with Gasteiger partial charge in [-0.15, -0.1) is 24.0 Å².